The summed E-state index contributed by atoms with van der Waals surface area (Å²) in [6.07, 6.45) is 9.69. The molecule has 0 bridgehead atoms. The van der Waals surface area contributed by atoms with Gasteiger partial charge in [-0.15, -0.1) is 0 Å². The first kappa shape index (κ1) is 14.8. The summed E-state index contributed by atoms with van der Waals surface area (Å²) >= 11 is 0. The van der Waals surface area contributed by atoms with Gasteiger partial charge in [-0.25, -0.2) is 0 Å². The molecule has 0 spiro atoms. The van der Waals surface area contributed by atoms with E-state index in [1.54, 1.807) is 0 Å². The molecule has 110 valence electrons. The van der Waals surface area contributed by atoms with Gasteiger partial charge in [0, 0.05) is 12.6 Å². The normalized spacial score (nSPS) is 30.2. The Morgan fingerprint density at radius 1 is 1.32 bits per heavy atom. The van der Waals surface area contributed by atoms with Gasteiger partial charge in [0.1, 0.15) is 0 Å². The van der Waals surface area contributed by atoms with Crippen molar-refractivity contribution >= 4 is 5.91 Å². The average molecular weight is 266 g/mol. The van der Waals surface area contributed by atoms with Crippen LogP contribution in [0.1, 0.15) is 65.2 Å². The van der Waals surface area contributed by atoms with E-state index in [0.29, 0.717) is 17.9 Å². The minimum Gasteiger partial charge on any atom is -0.353 e. The third-order valence-corrected chi connectivity index (χ3v) is 5.38. The Balaban J connectivity index is 1.95. The lowest BCUT2D eigenvalue weighted by molar-refractivity contribution is -0.131. The van der Waals surface area contributed by atoms with Crippen LogP contribution >= 0.6 is 0 Å². The van der Waals surface area contributed by atoms with Crippen LogP contribution in [0.5, 0.6) is 0 Å². The zero-order valence-corrected chi connectivity index (χ0v) is 12.6. The maximum Gasteiger partial charge on any atom is 0.227 e. The second-order valence-electron chi connectivity index (χ2n) is 6.45. The van der Waals surface area contributed by atoms with Gasteiger partial charge in [-0.3, -0.25) is 4.79 Å². The first-order valence-corrected chi connectivity index (χ1v) is 8.23. The molecule has 1 heterocycles. The van der Waals surface area contributed by atoms with Crippen LogP contribution in [0, 0.1) is 11.3 Å². The number of nitrogens with one attached hydrogen (secondary N) is 2. The zero-order chi connectivity index (χ0) is 13.7. The highest BCUT2D eigenvalue weighted by Gasteiger charge is 2.40. The molecule has 3 heteroatoms. The van der Waals surface area contributed by atoms with Crippen LogP contribution in [-0.2, 0) is 4.79 Å². The van der Waals surface area contributed by atoms with Crippen molar-refractivity contribution < 1.29 is 4.79 Å². The maximum absolute atomic E-state index is 12.7. The predicted molar refractivity (Wildman–Crippen MR) is 79.0 cm³/mol. The average Bonchev–Trinajstić information content (AvgIpc) is 2.95. The van der Waals surface area contributed by atoms with E-state index in [2.05, 4.69) is 24.5 Å². The summed E-state index contributed by atoms with van der Waals surface area (Å²) in [5, 5.41) is 6.75. The Bertz CT molecular complexity index is 291. The van der Waals surface area contributed by atoms with E-state index in [1.807, 2.05) is 0 Å². The highest BCUT2D eigenvalue weighted by molar-refractivity contribution is 5.83. The largest absolute Gasteiger partial charge is 0.353 e. The lowest BCUT2D eigenvalue weighted by Crippen LogP contribution is -2.49. The van der Waals surface area contributed by atoms with Crippen LogP contribution in [0.3, 0.4) is 0 Å². The van der Waals surface area contributed by atoms with Crippen molar-refractivity contribution in [1.82, 2.24) is 10.6 Å². The molecule has 3 nitrogen and oxygen atoms in total. The van der Waals surface area contributed by atoms with Crippen molar-refractivity contribution in [2.24, 2.45) is 11.3 Å². The van der Waals surface area contributed by atoms with E-state index in [4.69, 9.17) is 0 Å². The molecule has 2 atom stereocenters. The topological polar surface area (TPSA) is 41.1 Å². The fourth-order valence-electron chi connectivity index (χ4n) is 3.81. The van der Waals surface area contributed by atoms with Crippen molar-refractivity contribution in [2.75, 3.05) is 13.1 Å². The number of carbonyl (C=O) groups is 1. The zero-order valence-electron chi connectivity index (χ0n) is 12.6. The fourth-order valence-corrected chi connectivity index (χ4v) is 3.81. The van der Waals surface area contributed by atoms with Gasteiger partial charge < -0.3 is 10.6 Å². The molecule has 1 aliphatic carbocycles. The van der Waals surface area contributed by atoms with Crippen molar-refractivity contribution in [3.63, 3.8) is 0 Å². The Labute approximate surface area is 117 Å². The highest BCUT2D eigenvalue weighted by Crippen LogP contribution is 2.32. The molecule has 0 aromatic rings. The first-order valence-electron chi connectivity index (χ1n) is 8.23. The van der Waals surface area contributed by atoms with Crippen molar-refractivity contribution in [3.05, 3.63) is 0 Å². The maximum atomic E-state index is 12.7. The van der Waals surface area contributed by atoms with Gasteiger partial charge in [-0.2, -0.15) is 0 Å². The summed E-state index contributed by atoms with van der Waals surface area (Å²) in [5.41, 5.74) is -0.137. The van der Waals surface area contributed by atoms with E-state index in [9.17, 15) is 4.79 Å². The standard InChI is InChI=1S/C16H30N2O/c1-3-14(13-8-6-5-7-9-13)18-15(19)16(4-2)10-11-17-12-16/h13-14,17H,3-12H2,1-2H3,(H,18,19). The number of carbonyl (C=O) groups excluding carboxylic acids is 1. The smallest absolute Gasteiger partial charge is 0.227 e. The SMILES string of the molecule is CCC(NC(=O)C1(CC)CCNC1)C1CCCCC1. The second-order valence-corrected chi connectivity index (χ2v) is 6.45. The van der Waals surface area contributed by atoms with Crippen molar-refractivity contribution in [1.29, 1.82) is 0 Å². The molecular formula is C16H30N2O. The quantitative estimate of drug-likeness (QED) is 0.803. The number of hydrogen-bond acceptors (Lipinski definition) is 2. The molecular weight excluding hydrogens is 236 g/mol. The summed E-state index contributed by atoms with van der Waals surface area (Å²) in [5.74, 6) is 1.02. The Morgan fingerprint density at radius 3 is 2.58 bits per heavy atom. The third kappa shape index (κ3) is 3.31. The van der Waals surface area contributed by atoms with Crippen molar-refractivity contribution in [3.8, 4) is 0 Å². The Morgan fingerprint density at radius 2 is 2.05 bits per heavy atom. The van der Waals surface area contributed by atoms with Gasteiger partial charge >= 0.3 is 0 Å². The third-order valence-electron chi connectivity index (χ3n) is 5.38. The van der Waals surface area contributed by atoms with E-state index in [1.165, 1.54) is 32.1 Å². The Hall–Kier alpha value is -0.570. The van der Waals surface area contributed by atoms with E-state index in [0.717, 1.165) is 32.4 Å². The molecule has 0 aromatic carbocycles. The lowest BCUT2D eigenvalue weighted by Gasteiger charge is -2.34. The predicted octanol–water partition coefficient (Wildman–Crippen LogP) is 2.85. The van der Waals surface area contributed by atoms with E-state index in [-0.39, 0.29) is 5.41 Å². The second kappa shape index (κ2) is 6.74. The minimum atomic E-state index is -0.137. The molecule has 2 N–H and O–H groups in total. The van der Waals surface area contributed by atoms with Gasteiger partial charge in [0.05, 0.1) is 5.41 Å². The molecule has 2 aliphatic rings. The summed E-state index contributed by atoms with van der Waals surface area (Å²) < 4.78 is 0. The molecule has 2 unspecified atom stereocenters. The van der Waals surface area contributed by atoms with Crippen LogP contribution in [0.25, 0.3) is 0 Å². The minimum absolute atomic E-state index is 0.137. The van der Waals surface area contributed by atoms with Gasteiger partial charge in [-0.05, 0) is 44.6 Å². The number of rotatable bonds is 5. The van der Waals surface area contributed by atoms with E-state index >= 15 is 0 Å². The van der Waals surface area contributed by atoms with Crippen LogP contribution < -0.4 is 10.6 Å². The van der Waals surface area contributed by atoms with Gasteiger partial charge in [0.15, 0.2) is 0 Å². The molecule has 0 aromatic heterocycles. The monoisotopic (exact) mass is 266 g/mol. The summed E-state index contributed by atoms with van der Waals surface area (Å²) in [6.45, 7) is 6.21. The summed E-state index contributed by atoms with van der Waals surface area (Å²) in [6, 6.07) is 0.400. The molecule has 1 saturated carbocycles. The highest BCUT2D eigenvalue weighted by atomic mass is 16.2. The first-order chi connectivity index (χ1) is 9.22. The number of amides is 1. The van der Waals surface area contributed by atoms with Crippen LogP contribution in [-0.4, -0.2) is 25.0 Å². The van der Waals surface area contributed by atoms with Crippen molar-refractivity contribution in [2.45, 2.75) is 71.3 Å². The van der Waals surface area contributed by atoms with Crippen LogP contribution in [0.2, 0.25) is 0 Å². The molecule has 19 heavy (non-hydrogen) atoms. The molecule has 2 rings (SSSR count). The molecule has 0 radical (unpaired) electrons. The number of hydrogen-bond donors (Lipinski definition) is 2. The van der Waals surface area contributed by atoms with Crippen LogP contribution in [0.4, 0.5) is 0 Å². The van der Waals surface area contributed by atoms with E-state index < -0.39 is 0 Å². The molecule has 1 saturated heterocycles. The lowest BCUT2D eigenvalue weighted by atomic mass is 9.80. The van der Waals surface area contributed by atoms with Gasteiger partial charge in [0.2, 0.25) is 5.91 Å². The Kier molecular flexibility index (Phi) is 5.26. The molecule has 1 amide bonds. The van der Waals surface area contributed by atoms with Gasteiger partial charge in [0.25, 0.3) is 0 Å². The van der Waals surface area contributed by atoms with Crippen LogP contribution in [0.15, 0.2) is 0 Å². The summed E-state index contributed by atoms with van der Waals surface area (Å²) in [4.78, 5) is 12.7. The summed E-state index contributed by atoms with van der Waals surface area (Å²) in [7, 11) is 0. The molecule has 2 fully saturated rings. The van der Waals surface area contributed by atoms with Gasteiger partial charge in [-0.1, -0.05) is 33.1 Å². The fraction of sp³-hybridized carbons (Fsp3) is 0.938. The molecule has 1 aliphatic heterocycles.